The van der Waals surface area contributed by atoms with Crippen molar-refractivity contribution in [3.05, 3.63) is 41.3 Å². The number of carbonyl (C=O) groups excluding carboxylic acids is 2. The minimum Gasteiger partial charge on any atom is -0.273 e. The Morgan fingerprint density at radius 2 is 1.57 bits per heavy atom. The van der Waals surface area contributed by atoms with Crippen molar-refractivity contribution in [2.75, 3.05) is 0 Å². The molecule has 0 radical (unpaired) electrons. The second-order valence-corrected chi connectivity index (χ2v) is 10.8. The van der Waals surface area contributed by atoms with Gasteiger partial charge in [-0.05, 0) is 74.8 Å². The minimum atomic E-state index is -3.80. The summed E-state index contributed by atoms with van der Waals surface area (Å²) in [5.41, 5.74) is 5.35. The van der Waals surface area contributed by atoms with Crippen LogP contribution in [0.1, 0.15) is 51.0 Å². The smallest absolute Gasteiger partial charge is 0.256 e. The minimum absolute atomic E-state index is 0.131. The molecular weight excluding hydrogens is 402 g/mol. The van der Waals surface area contributed by atoms with Crippen molar-refractivity contribution in [3.8, 4) is 0 Å². The highest BCUT2D eigenvalue weighted by molar-refractivity contribution is 7.92. The van der Waals surface area contributed by atoms with E-state index in [-0.39, 0.29) is 11.3 Å². The van der Waals surface area contributed by atoms with Crippen molar-refractivity contribution in [3.63, 3.8) is 0 Å². The molecule has 0 spiro atoms. The molecule has 4 saturated carbocycles. The molecule has 0 heterocycles. The zero-order valence-corrected chi connectivity index (χ0v) is 18.0. The van der Waals surface area contributed by atoms with Gasteiger partial charge in [-0.1, -0.05) is 30.3 Å². The van der Waals surface area contributed by atoms with Crippen LogP contribution in [0.25, 0.3) is 6.08 Å². The third-order valence-electron chi connectivity index (χ3n) is 6.79. The van der Waals surface area contributed by atoms with Crippen LogP contribution in [0.4, 0.5) is 0 Å². The maximum Gasteiger partial charge on any atom is 0.256 e. The molecule has 162 valence electrons. The molecule has 4 bridgehead atoms. The van der Waals surface area contributed by atoms with Crippen LogP contribution in [0.15, 0.2) is 35.7 Å². The van der Waals surface area contributed by atoms with Crippen molar-refractivity contribution >= 4 is 27.9 Å². The van der Waals surface area contributed by atoms with E-state index in [4.69, 9.17) is 0 Å². The Morgan fingerprint density at radius 1 is 1.00 bits per heavy atom. The Morgan fingerprint density at radius 3 is 2.13 bits per heavy atom. The molecule has 30 heavy (non-hydrogen) atoms. The van der Waals surface area contributed by atoms with E-state index in [0.717, 1.165) is 30.2 Å². The number of nitrogens with one attached hydrogen (secondary N) is 3. The SMILES string of the molecule is CC(NS(=O)(=O)/C=C/c1ccccc1)C(=O)NNC(=O)C12CC3CC(CC(C3)C1)C2. The maximum absolute atomic E-state index is 12.9. The van der Waals surface area contributed by atoms with E-state index in [2.05, 4.69) is 15.6 Å². The van der Waals surface area contributed by atoms with Crippen molar-refractivity contribution in [2.24, 2.45) is 23.2 Å². The van der Waals surface area contributed by atoms with Crippen LogP contribution >= 0.6 is 0 Å². The molecule has 4 aliphatic rings. The number of hydrogen-bond donors (Lipinski definition) is 3. The van der Waals surface area contributed by atoms with Crippen LogP contribution in [0.2, 0.25) is 0 Å². The summed E-state index contributed by atoms with van der Waals surface area (Å²) < 4.78 is 26.7. The summed E-state index contributed by atoms with van der Waals surface area (Å²) in [7, 11) is -3.80. The fourth-order valence-electron chi connectivity index (χ4n) is 5.82. The summed E-state index contributed by atoms with van der Waals surface area (Å²) >= 11 is 0. The summed E-state index contributed by atoms with van der Waals surface area (Å²) in [6.07, 6.45) is 7.84. The van der Waals surface area contributed by atoms with Gasteiger partial charge in [-0.25, -0.2) is 8.42 Å². The van der Waals surface area contributed by atoms with Crippen LogP contribution in [0.5, 0.6) is 0 Å². The highest BCUT2D eigenvalue weighted by Gasteiger charge is 2.54. The van der Waals surface area contributed by atoms with Gasteiger partial charge in [-0.2, -0.15) is 4.72 Å². The van der Waals surface area contributed by atoms with E-state index in [1.165, 1.54) is 32.3 Å². The summed E-state index contributed by atoms with van der Waals surface area (Å²) in [5.74, 6) is 1.15. The van der Waals surface area contributed by atoms with Crippen LogP contribution in [0, 0.1) is 23.2 Å². The molecule has 0 aromatic heterocycles. The molecule has 1 aromatic rings. The Balaban J connectivity index is 1.29. The first-order valence-electron chi connectivity index (χ1n) is 10.6. The lowest BCUT2D eigenvalue weighted by Gasteiger charge is -2.55. The lowest BCUT2D eigenvalue weighted by Crippen LogP contribution is -2.58. The number of benzene rings is 1. The largest absolute Gasteiger partial charge is 0.273 e. The summed E-state index contributed by atoms with van der Waals surface area (Å²) in [6.45, 7) is 1.44. The molecular formula is C22H29N3O4S. The van der Waals surface area contributed by atoms with Gasteiger partial charge in [0, 0.05) is 5.41 Å². The molecule has 1 unspecified atom stereocenters. The quantitative estimate of drug-likeness (QED) is 0.601. The van der Waals surface area contributed by atoms with E-state index in [9.17, 15) is 18.0 Å². The summed E-state index contributed by atoms with van der Waals surface area (Å²) in [6, 6.07) is 8.00. The number of hydrazine groups is 1. The highest BCUT2D eigenvalue weighted by atomic mass is 32.2. The highest BCUT2D eigenvalue weighted by Crippen LogP contribution is 2.60. The first-order chi connectivity index (χ1) is 14.2. The normalized spacial score (nSPS) is 30.9. The fourth-order valence-corrected chi connectivity index (χ4v) is 6.83. The molecule has 0 aliphatic heterocycles. The number of sulfonamides is 1. The third-order valence-corrected chi connectivity index (χ3v) is 7.97. The van der Waals surface area contributed by atoms with E-state index in [0.29, 0.717) is 17.8 Å². The number of hydrogen-bond acceptors (Lipinski definition) is 4. The van der Waals surface area contributed by atoms with Crippen LogP contribution in [-0.4, -0.2) is 26.3 Å². The average Bonchev–Trinajstić information content (AvgIpc) is 2.69. The van der Waals surface area contributed by atoms with Crippen molar-refractivity contribution in [1.29, 1.82) is 0 Å². The third kappa shape index (κ3) is 4.59. The predicted octanol–water partition coefficient (Wildman–Crippen LogP) is 2.33. The molecule has 2 amide bonds. The van der Waals surface area contributed by atoms with Crippen molar-refractivity contribution in [2.45, 2.75) is 51.5 Å². The standard InChI is InChI=1S/C22H29N3O4S/c1-15(25-30(28,29)8-7-16-5-3-2-4-6-16)20(26)23-24-21(27)22-12-17-9-18(13-22)11-19(10-17)14-22/h2-8,15,17-19,25H,9-14H2,1H3,(H,23,26)(H,24,27)/b8-7+. The molecule has 3 N–H and O–H groups in total. The Kier molecular flexibility index (Phi) is 5.72. The first-order valence-corrected chi connectivity index (χ1v) is 12.2. The number of carbonyl (C=O) groups is 2. The Labute approximate surface area is 177 Å². The topological polar surface area (TPSA) is 104 Å². The van der Waals surface area contributed by atoms with E-state index in [1.807, 2.05) is 18.2 Å². The average molecular weight is 432 g/mol. The molecule has 1 atom stereocenters. The Bertz CT molecular complexity index is 907. The molecule has 1 aromatic carbocycles. The van der Waals surface area contributed by atoms with Gasteiger partial charge >= 0.3 is 0 Å². The molecule has 4 fully saturated rings. The van der Waals surface area contributed by atoms with Gasteiger partial charge in [0.2, 0.25) is 15.9 Å². The van der Waals surface area contributed by atoms with Gasteiger partial charge in [-0.15, -0.1) is 0 Å². The number of rotatable bonds is 6. The fraction of sp³-hybridized carbons (Fsp3) is 0.545. The summed E-state index contributed by atoms with van der Waals surface area (Å²) in [4.78, 5) is 25.2. The molecule has 0 saturated heterocycles. The van der Waals surface area contributed by atoms with E-state index >= 15 is 0 Å². The van der Waals surface area contributed by atoms with Gasteiger partial charge in [0.15, 0.2) is 0 Å². The maximum atomic E-state index is 12.9. The molecule has 5 rings (SSSR count). The second-order valence-electron chi connectivity index (χ2n) is 9.24. The summed E-state index contributed by atoms with van der Waals surface area (Å²) in [5, 5.41) is 1.03. The van der Waals surface area contributed by atoms with Crippen LogP contribution in [-0.2, 0) is 19.6 Å². The van der Waals surface area contributed by atoms with Crippen LogP contribution < -0.4 is 15.6 Å². The van der Waals surface area contributed by atoms with Gasteiger partial charge < -0.3 is 0 Å². The lowest BCUT2D eigenvalue weighted by molar-refractivity contribution is -0.149. The monoisotopic (exact) mass is 431 g/mol. The van der Waals surface area contributed by atoms with Crippen molar-refractivity contribution < 1.29 is 18.0 Å². The van der Waals surface area contributed by atoms with Crippen LogP contribution in [0.3, 0.4) is 0 Å². The van der Waals surface area contributed by atoms with Gasteiger partial charge in [0.1, 0.15) is 0 Å². The van der Waals surface area contributed by atoms with Gasteiger partial charge in [0.25, 0.3) is 5.91 Å². The number of amides is 2. The zero-order chi connectivity index (χ0) is 21.4. The van der Waals surface area contributed by atoms with E-state index < -0.39 is 22.0 Å². The predicted molar refractivity (Wildman–Crippen MR) is 114 cm³/mol. The molecule has 4 aliphatic carbocycles. The van der Waals surface area contributed by atoms with Gasteiger partial charge in [-0.3, -0.25) is 20.4 Å². The first kappa shape index (κ1) is 21.1. The molecule has 8 heteroatoms. The van der Waals surface area contributed by atoms with E-state index in [1.54, 1.807) is 12.1 Å². The zero-order valence-electron chi connectivity index (χ0n) is 17.1. The Hall–Kier alpha value is -2.19. The van der Waals surface area contributed by atoms with Crippen molar-refractivity contribution in [1.82, 2.24) is 15.6 Å². The van der Waals surface area contributed by atoms with Gasteiger partial charge in [0.05, 0.1) is 11.5 Å². The molecule has 7 nitrogen and oxygen atoms in total. The second kappa shape index (κ2) is 8.15. The lowest BCUT2D eigenvalue weighted by atomic mass is 9.49.